The molecule has 2 aromatic rings. The van der Waals surface area contributed by atoms with E-state index in [2.05, 4.69) is 11.9 Å². The number of carbonyl (C=O) groups excluding carboxylic acids is 1. The van der Waals surface area contributed by atoms with Crippen LogP contribution in [0.3, 0.4) is 0 Å². The van der Waals surface area contributed by atoms with Gasteiger partial charge < -0.3 is 9.47 Å². The highest BCUT2D eigenvalue weighted by atomic mass is 32.1. The van der Waals surface area contributed by atoms with Crippen molar-refractivity contribution in [3.63, 3.8) is 0 Å². The van der Waals surface area contributed by atoms with Crippen molar-refractivity contribution in [2.75, 3.05) is 13.2 Å². The summed E-state index contributed by atoms with van der Waals surface area (Å²) in [6.07, 6.45) is 4.36. The maximum Gasteiger partial charge on any atom is 0.357 e. The molecule has 0 N–H and O–H groups in total. The van der Waals surface area contributed by atoms with E-state index in [0.29, 0.717) is 18.9 Å². The van der Waals surface area contributed by atoms with Crippen LogP contribution in [0.5, 0.6) is 5.75 Å². The van der Waals surface area contributed by atoms with Crippen LogP contribution in [0.25, 0.3) is 10.6 Å². The average molecular weight is 333 g/mol. The smallest absolute Gasteiger partial charge is 0.357 e. The lowest BCUT2D eigenvalue weighted by Gasteiger charge is -2.03. The minimum atomic E-state index is -0.338. The van der Waals surface area contributed by atoms with E-state index in [0.717, 1.165) is 29.2 Å². The van der Waals surface area contributed by atoms with Crippen LogP contribution in [0.2, 0.25) is 0 Å². The zero-order valence-corrected chi connectivity index (χ0v) is 14.5. The topological polar surface area (TPSA) is 48.4 Å². The fourth-order valence-electron chi connectivity index (χ4n) is 2.13. The van der Waals surface area contributed by atoms with Crippen molar-refractivity contribution in [3.05, 3.63) is 35.3 Å². The van der Waals surface area contributed by atoms with Crippen LogP contribution in [0.1, 0.15) is 50.0 Å². The van der Waals surface area contributed by atoms with E-state index >= 15 is 0 Å². The molecule has 0 saturated carbocycles. The molecule has 0 saturated heterocycles. The summed E-state index contributed by atoms with van der Waals surface area (Å²) >= 11 is 1.44. The summed E-state index contributed by atoms with van der Waals surface area (Å²) in [4.78, 5) is 16.3. The number of esters is 1. The molecule has 1 aromatic heterocycles. The van der Waals surface area contributed by atoms with E-state index in [4.69, 9.17) is 9.47 Å². The molecule has 1 heterocycles. The zero-order chi connectivity index (χ0) is 16.5. The normalized spacial score (nSPS) is 10.5. The molecule has 0 aliphatic rings. The lowest BCUT2D eigenvalue weighted by atomic mass is 10.2. The Morgan fingerprint density at radius 1 is 1.13 bits per heavy atom. The summed E-state index contributed by atoms with van der Waals surface area (Å²) in [6, 6.07) is 7.71. The van der Waals surface area contributed by atoms with Crippen LogP contribution in [0.15, 0.2) is 29.6 Å². The zero-order valence-electron chi connectivity index (χ0n) is 13.7. The summed E-state index contributed by atoms with van der Waals surface area (Å²) in [7, 11) is 0. The number of hydrogen-bond donors (Lipinski definition) is 0. The number of ether oxygens (including phenoxy) is 2. The molecular formula is C18H23NO3S. The van der Waals surface area contributed by atoms with E-state index in [1.54, 1.807) is 5.38 Å². The first-order valence-corrected chi connectivity index (χ1v) is 8.98. The molecule has 0 bridgehead atoms. The number of carbonyl (C=O) groups is 1. The lowest BCUT2D eigenvalue weighted by molar-refractivity contribution is 0.0492. The third kappa shape index (κ3) is 5.36. The van der Waals surface area contributed by atoms with Crippen molar-refractivity contribution >= 4 is 17.3 Å². The van der Waals surface area contributed by atoms with Gasteiger partial charge in [0.25, 0.3) is 0 Å². The van der Waals surface area contributed by atoms with Crippen molar-refractivity contribution < 1.29 is 14.3 Å². The predicted octanol–water partition coefficient (Wildman–Crippen LogP) is 4.95. The summed E-state index contributed by atoms with van der Waals surface area (Å²) in [5.74, 6) is 0.495. The Morgan fingerprint density at radius 3 is 2.61 bits per heavy atom. The summed E-state index contributed by atoms with van der Waals surface area (Å²) in [6.45, 7) is 5.22. The molecule has 0 amide bonds. The van der Waals surface area contributed by atoms with Gasteiger partial charge in [0, 0.05) is 10.9 Å². The molecule has 4 nitrogen and oxygen atoms in total. The number of thiazole rings is 1. The largest absolute Gasteiger partial charge is 0.494 e. The molecule has 0 atom stereocenters. The van der Waals surface area contributed by atoms with Gasteiger partial charge in [-0.15, -0.1) is 11.3 Å². The quantitative estimate of drug-likeness (QED) is 0.481. The van der Waals surface area contributed by atoms with Gasteiger partial charge in [-0.05, 0) is 37.6 Å². The van der Waals surface area contributed by atoms with Gasteiger partial charge in [-0.3, -0.25) is 0 Å². The van der Waals surface area contributed by atoms with Gasteiger partial charge in [-0.2, -0.15) is 0 Å². The van der Waals surface area contributed by atoms with Crippen molar-refractivity contribution in [1.82, 2.24) is 4.98 Å². The van der Waals surface area contributed by atoms with E-state index < -0.39 is 0 Å². The molecular weight excluding hydrogens is 310 g/mol. The summed E-state index contributed by atoms with van der Waals surface area (Å²) in [5.41, 5.74) is 1.36. The van der Waals surface area contributed by atoms with Crippen molar-refractivity contribution in [2.24, 2.45) is 0 Å². The van der Waals surface area contributed by atoms with E-state index in [9.17, 15) is 4.79 Å². The second kappa shape index (κ2) is 9.30. The molecule has 0 fully saturated rings. The van der Waals surface area contributed by atoms with E-state index in [1.165, 1.54) is 24.2 Å². The number of unbranched alkanes of at least 4 members (excludes halogenated alkanes) is 3. The monoisotopic (exact) mass is 333 g/mol. The molecule has 0 spiro atoms. The SMILES string of the molecule is CCCCCCOC(=O)c1csc(-c2ccc(OCC)cc2)n1. The Hall–Kier alpha value is -1.88. The first-order chi connectivity index (χ1) is 11.2. The molecule has 5 heteroatoms. The minimum Gasteiger partial charge on any atom is -0.494 e. The number of aromatic nitrogens is 1. The van der Waals surface area contributed by atoms with Gasteiger partial charge in [-0.1, -0.05) is 26.2 Å². The molecule has 0 aliphatic heterocycles. The Labute approximate surface area is 141 Å². The molecule has 124 valence electrons. The minimum absolute atomic E-state index is 0.338. The highest BCUT2D eigenvalue weighted by molar-refractivity contribution is 7.13. The van der Waals surface area contributed by atoms with Crippen molar-refractivity contribution in [3.8, 4) is 16.3 Å². The standard InChI is InChI=1S/C18H23NO3S/c1-3-5-6-7-12-22-18(20)16-13-23-17(19-16)14-8-10-15(11-9-14)21-4-2/h8-11,13H,3-7,12H2,1-2H3. The van der Waals surface area contributed by atoms with Crippen molar-refractivity contribution in [1.29, 1.82) is 0 Å². The molecule has 23 heavy (non-hydrogen) atoms. The van der Waals surface area contributed by atoms with Gasteiger partial charge >= 0.3 is 5.97 Å². The van der Waals surface area contributed by atoms with Crippen LogP contribution >= 0.6 is 11.3 Å². The highest BCUT2D eigenvalue weighted by Gasteiger charge is 2.13. The van der Waals surface area contributed by atoms with Crippen LogP contribution in [-0.2, 0) is 4.74 Å². The number of rotatable bonds is 9. The maximum atomic E-state index is 12.0. The number of benzene rings is 1. The Morgan fingerprint density at radius 2 is 1.91 bits per heavy atom. The number of hydrogen-bond acceptors (Lipinski definition) is 5. The van der Waals surface area contributed by atoms with Crippen LogP contribution in [-0.4, -0.2) is 24.2 Å². The average Bonchev–Trinajstić information content (AvgIpc) is 3.05. The van der Waals surface area contributed by atoms with E-state index in [-0.39, 0.29) is 5.97 Å². The Bertz CT molecular complexity index is 607. The Kier molecular flexibility index (Phi) is 7.07. The van der Waals surface area contributed by atoms with Crippen LogP contribution < -0.4 is 4.74 Å². The predicted molar refractivity (Wildman–Crippen MR) is 93.1 cm³/mol. The number of nitrogens with zero attached hydrogens (tertiary/aromatic N) is 1. The molecule has 0 unspecified atom stereocenters. The van der Waals surface area contributed by atoms with Gasteiger partial charge in [0.2, 0.25) is 0 Å². The maximum absolute atomic E-state index is 12.0. The second-order valence-corrected chi connectivity index (χ2v) is 6.05. The molecule has 2 rings (SSSR count). The molecule has 0 aliphatic carbocycles. The van der Waals surface area contributed by atoms with Gasteiger partial charge in [0.15, 0.2) is 5.69 Å². The fraction of sp³-hybridized carbons (Fsp3) is 0.444. The van der Waals surface area contributed by atoms with Crippen LogP contribution in [0.4, 0.5) is 0 Å². The third-order valence-electron chi connectivity index (χ3n) is 3.36. The highest BCUT2D eigenvalue weighted by Crippen LogP contribution is 2.26. The van der Waals surface area contributed by atoms with Crippen molar-refractivity contribution in [2.45, 2.75) is 39.5 Å². The Balaban J connectivity index is 1.90. The summed E-state index contributed by atoms with van der Waals surface area (Å²) < 4.78 is 10.7. The van der Waals surface area contributed by atoms with Gasteiger partial charge in [0.05, 0.1) is 13.2 Å². The first kappa shape index (κ1) is 17.5. The molecule has 0 radical (unpaired) electrons. The lowest BCUT2D eigenvalue weighted by Crippen LogP contribution is -2.06. The third-order valence-corrected chi connectivity index (χ3v) is 4.25. The van der Waals surface area contributed by atoms with Crippen LogP contribution in [0, 0.1) is 0 Å². The molecule has 1 aromatic carbocycles. The fourth-order valence-corrected chi connectivity index (χ4v) is 2.92. The van der Waals surface area contributed by atoms with Gasteiger partial charge in [-0.25, -0.2) is 9.78 Å². The summed E-state index contributed by atoms with van der Waals surface area (Å²) in [5, 5.41) is 2.56. The second-order valence-electron chi connectivity index (χ2n) is 5.19. The van der Waals surface area contributed by atoms with Gasteiger partial charge in [0.1, 0.15) is 10.8 Å². The first-order valence-electron chi connectivity index (χ1n) is 8.10. The van der Waals surface area contributed by atoms with E-state index in [1.807, 2.05) is 31.2 Å².